The summed E-state index contributed by atoms with van der Waals surface area (Å²) >= 11 is 0. The second kappa shape index (κ2) is 15.8. The monoisotopic (exact) mass is 520 g/mol. The summed E-state index contributed by atoms with van der Waals surface area (Å²) in [7, 11) is 1.21. The molecule has 0 saturated heterocycles. The lowest BCUT2D eigenvalue weighted by Crippen LogP contribution is -2.21. The van der Waals surface area contributed by atoms with Crippen LogP contribution in [0.15, 0.2) is 97.1 Å². The summed E-state index contributed by atoms with van der Waals surface area (Å²) in [6.07, 6.45) is 0. The van der Waals surface area contributed by atoms with E-state index < -0.39 is 0 Å². The van der Waals surface area contributed by atoms with Crippen molar-refractivity contribution in [3.63, 3.8) is 0 Å². The van der Waals surface area contributed by atoms with Gasteiger partial charge in [-0.1, -0.05) is 94.8 Å². The summed E-state index contributed by atoms with van der Waals surface area (Å²) in [5.74, 6) is 0. The quantitative estimate of drug-likeness (QED) is 0.171. The molecule has 0 heterocycles. The van der Waals surface area contributed by atoms with Gasteiger partial charge in [-0.2, -0.15) is 0 Å². The lowest BCUT2D eigenvalue weighted by molar-refractivity contribution is 0.107. The zero-order valence-corrected chi connectivity index (χ0v) is 23.1. The van der Waals surface area contributed by atoms with Gasteiger partial charge in [-0.25, -0.2) is 0 Å². The van der Waals surface area contributed by atoms with E-state index in [-0.39, 0.29) is 0 Å². The molecular formula is C32H38B2N2O3. The highest BCUT2D eigenvalue weighted by atomic mass is 16.5. The Kier molecular flexibility index (Phi) is 11.5. The maximum Gasteiger partial charge on any atom is 0.308 e. The summed E-state index contributed by atoms with van der Waals surface area (Å²) in [4.78, 5) is 0. The molecule has 0 aliphatic rings. The van der Waals surface area contributed by atoms with E-state index in [1.54, 1.807) is 0 Å². The van der Waals surface area contributed by atoms with Gasteiger partial charge in [0.2, 0.25) is 0 Å². The van der Waals surface area contributed by atoms with Crippen LogP contribution in [0.1, 0.15) is 22.3 Å². The van der Waals surface area contributed by atoms with Crippen molar-refractivity contribution in [3.05, 3.63) is 119 Å². The molecule has 4 aromatic carbocycles. The van der Waals surface area contributed by atoms with Crippen molar-refractivity contribution in [2.24, 2.45) is 0 Å². The molecule has 0 bridgehead atoms. The third kappa shape index (κ3) is 10.6. The van der Waals surface area contributed by atoms with Crippen molar-refractivity contribution in [3.8, 4) is 0 Å². The first-order chi connectivity index (χ1) is 19.1. The fraction of sp³-hybridized carbons (Fsp3) is 0.250. The lowest BCUT2D eigenvalue weighted by atomic mass is 9.87. The molecule has 5 nitrogen and oxygen atoms in total. The van der Waals surface area contributed by atoms with Crippen molar-refractivity contribution in [2.45, 2.75) is 27.1 Å². The molecule has 0 aliphatic heterocycles. The molecule has 0 amide bonds. The molecule has 2 N–H and O–H groups in total. The Morgan fingerprint density at radius 2 is 0.897 bits per heavy atom. The number of hydrogen-bond acceptors (Lipinski definition) is 5. The van der Waals surface area contributed by atoms with Crippen molar-refractivity contribution < 1.29 is 14.0 Å². The molecule has 0 unspecified atom stereocenters. The van der Waals surface area contributed by atoms with E-state index in [9.17, 15) is 0 Å². The van der Waals surface area contributed by atoms with Gasteiger partial charge in [0.25, 0.3) is 0 Å². The van der Waals surface area contributed by atoms with Crippen LogP contribution in [-0.2, 0) is 27.3 Å². The predicted molar refractivity (Wildman–Crippen MR) is 166 cm³/mol. The minimum atomic E-state index is 0.584. The average molecular weight is 520 g/mol. The molecule has 0 fully saturated rings. The molecule has 0 atom stereocenters. The van der Waals surface area contributed by atoms with Gasteiger partial charge in [0.05, 0.1) is 13.2 Å². The van der Waals surface area contributed by atoms with Crippen LogP contribution in [0.2, 0.25) is 0 Å². The number of ether oxygens (including phenoxy) is 1. The van der Waals surface area contributed by atoms with Crippen molar-refractivity contribution >= 4 is 37.3 Å². The topological polar surface area (TPSA) is 51.8 Å². The third-order valence-corrected chi connectivity index (χ3v) is 6.38. The van der Waals surface area contributed by atoms with E-state index in [0.29, 0.717) is 41.4 Å². The van der Waals surface area contributed by atoms with Gasteiger partial charge in [0.1, 0.15) is 0 Å². The summed E-state index contributed by atoms with van der Waals surface area (Å²) in [5, 5.41) is 6.75. The minimum absolute atomic E-state index is 0.584. The van der Waals surface area contributed by atoms with Crippen molar-refractivity contribution in [1.29, 1.82) is 0 Å². The van der Waals surface area contributed by atoms with E-state index in [0.717, 1.165) is 46.5 Å². The van der Waals surface area contributed by atoms with Gasteiger partial charge in [-0.05, 0) is 49.2 Å². The Morgan fingerprint density at radius 3 is 1.28 bits per heavy atom. The van der Waals surface area contributed by atoms with Gasteiger partial charge in [-0.15, -0.1) is 0 Å². The predicted octanol–water partition coefficient (Wildman–Crippen LogP) is 4.23. The number of hydrogen-bond donors (Lipinski definition) is 2. The van der Waals surface area contributed by atoms with Gasteiger partial charge < -0.3 is 24.7 Å². The maximum absolute atomic E-state index is 5.93. The van der Waals surface area contributed by atoms with Crippen LogP contribution in [0, 0.1) is 13.8 Å². The third-order valence-electron chi connectivity index (χ3n) is 6.38. The Balaban J connectivity index is 1.05. The molecule has 4 rings (SSSR count). The average Bonchev–Trinajstić information content (AvgIpc) is 2.96. The highest BCUT2D eigenvalue weighted by molar-refractivity contribution is 6.47. The molecule has 0 radical (unpaired) electrons. The number of nitrogens with one attached hydrogen (secondary N) is 2. The molecule has 200 valence electrons. The van der Waals surface area contributed by atoms with Gasteiger partial charge in [0.15, 0.2) is 0 Å². The van der Waals surface area contributed by atoms with Gasteiger partial charge >= 0.3 is 15.0 Å². The van der Waals surface area contributed by atoms with Crippen molar-refractivity contribution in [2.75, 3.05) is 36.9 Å². The SMILES string of the molecule is Cc1ccc(NCCOBc2ccc(COCc3ccc(BOCCNc4ccc(C)cc4)cc3)cc2)cc1. The molecule has 0 saturated carbocycles. The summed E-state index contributed by atoms with van der Waals surface area (Å²) in [6, 6.07) is 33.7. The first-order valence-electron chi connectivity index (χ1n) is 13.6. The normalized spacial score (nSPS) is 10.7. The number of rotatable bonds is 16. The smallest absolute Gasteiger partial charge is 0.308 e. The summed E-state index contributed by atoms with van der Waals surface area (Å²) < 4.78 is 17.5. The van der Waals surface area contributed by atoms with E-state index in [4.69, 9.17) is 14.0 Å². The van der Waals surface area contributed by atoms with Crippen LogP contribution in [0.5, 0.6) is 0 Å². The largest absolute Gasteiger partial charge is 0.433 e. The highest BCUT2D eigenvalue weighted by Gasteiger charge is 2.02. The Bertz CT molecular complexity index is 1130. The molecule has 4 aromatic rings. The van der Waals surface area contributed by atoms with E-state index >= 15 is 0 Å². The standard InChI is InChI=1S/C32H38B2N2O3/c1-25-3-15-31(16-4-25)35-19-21-38-33-29-11-7-27(8-12-29)23-37-24-28-9-13-30(14-10-28)34-39-22-20-36-32-17-5-26(2)6-18-32/h3-18,33-36H,19-24H2,1-2H3. The van der Waals surface area contributed by atoms with Gasteiger partial charge in [0, 0.05) is 37.7 Å². The molecule has 0 spiro atoms. The Hall–Kier alpha value is -3.51. The molecule has 0 aromatic heterocycles. The minimum Gasteiger partial charge on any atom is -0.433 e. The van der Waals surface area contributed by atoms with Crippen LogP contribution in [-0.4, -0.2) is 41.3 Å². The molecule has 39 heavy (non-hydrogen) atoms. The zero-order valence-electron chi connectivity index (χ0n) is 23.1. The first kappa shape index (κ1) is 28.5. The number of anilines is 2. The molecule has 0 aliphatic carbocycles. The van der Waals surface area contributed by atoms with Crippen LogP contribution >= 0.6 is 0 Å². The molecule has 7 heteroatoms. The van der Waals surface area contributed by atoms with Crippen LogP contribution < -0.4 is 21.6 Å². The fourth-order valence-corrected chi connectivity index (χ4v) is 4.01. The summed E-state index contributed by atoms with van der Waals surface area (Å²) in [5.41, 5.74) is 9.41. The van der Waals surface area contributed by atoms with Crippen molar-refractivity contribution in [1.82, 2.24) is 0 Å². The van der Waals surface area contributed by atoms with Crippen LogP contribution in [0.25, 0.3) is 0 Å². The number of aryl methyl sites for hydroxylation is 2. The summed E-state index contributed by atoms with van der Waals surface area (Å²) in [6.45, 7) is 8.25. The highest BCUT2D eigenvalue weighted by Crippen LogP contribution is 2.09. The number of benzene rings is 4. The zero-order chi connectivity index (χ0) is 27.1. The van der Waals surface area contributed by atoms with E-state index in [1.165, 1.54) is 11.1 Å². The molecular weight excluding hydrogens is 482 g/mol. The van der Waals surface area contributed by atoms with Crippen LogP contribution in [0.4, 0.5) is 11.4 Å². The Labute approximate surface area is 234 Å². The fourth-order valence-electron chi connectivity index (χ4n) is 4.01. The second-order valence-corrected chi connectivity index (χ2v) is 9.82. The van der Waals surface area contributed by atoms with E-state index in [2.05, 4.69) is 122 Å². The van der Waals surface area contributed by atoms with Gasteiger partial charge in [-0.3, -0.25) is 0 Å². The van der Waals surface area contributed by atoms with E-state index in [1.807, 2.05) is 0 Å². The Morgan fingerprint density at radius 1 is 0.513 bits per heavy atom. The lowest BCUT2D eigenvalue weighted by Gasteiger charge is -2.09. The van der Waals surface area contributed by atoms with Crippen LogP contribution in [0.3, 0.4) is 0 Å². The first-order valence-corrected chi connectivity index (χ1v) is 13.6. The second-order valence-electron chi connectivity index (χ2n) is 9.82. The maximum atomic E-state index is 5.93.